The maximum atomic E-state index is 12.3. The fourth-order valence-electron chi connectivity index (χ4n) is 3.99. The highest BCUT2D eigenvalue weighted by Gasteiger charge is 2.65. The van der Waals surface area contributed by atoms with Crippen molar-refractivity contribution in [3.8, 4) is 0 Å². The molecule has 0 bridgehead atoms. The first-order valence-electron chi connectivity index (χ1n) is 9.71. The van der Waals surface area contributed by atoms with Gasteiger partial charge in [-0.1, -0.05) is 19.2 Å². The summed E-state index contributed by atoms with van der Waals surface area (Å²) in [4.78, 5) is 35.9. The zero-order valence-electron chi connectivity index (χ0n) is 16.8. The van der Waals surface area contributed by atoms with E-state index in [4.69, 9.17) is 18.9 Å². The highest BCUT2D eigenvalue weighted by atomic mass is 16.7. The number of aliphatic hydroxyl groups excluding tert-OH is 2. The van der Waals surface area contributed by atoms with E-state index in [0.717, 1.165) is 0 Å². The van der Waals surface area contributed by atoms with Gasteiger partial charge in [0.1, 0.15) is 30.5 Å². The molecule has 164 valence electrons. The number of rotatable bonds is 6. The summed E-state index contributed by atoms with van der Waals surface area (Å²) >= 11 is 0. The average molecular weight is 422 g/mol. The number of hydrogen-bond donors (Lipinski definition) is 2. The summed E-state index contributed by atoms with van der Waals surface area (Å²) in [7, 11) is 0. The largest absolute Gasteiger partial charge is 0.461 e. The van der Waals surface area contributed by atoms with Gasteiger partial charge in [0, 0.05) is 18.9 Å². The van der Waals surface area contributed by atoms with Gasteiger partial charge in [0.05, 0.1) is 24.7 Å². The van der Waals surface area contributed by atoms with Crippen LogP contribution >= 0.6 is 0 Å². The third-order valence-corrected chi connectivity index (χ3v) is 5.71. The zero-order valence-corrected chi connectivity index (χ0v) is 16.8. The summed E-state index contributed by atoms with van der Waals surface area (Å²) in [5.41, 5.74) is -0.201. The fourth-order valence-corrected chi connectivity index (χ4v) is 3.99. The van der Waals surface area contributed by atoms with E-state index in [9.17, 15) is 24.6 Å². The van der Waals surface area contributed by atoms with Gasteiger partial charge in [-0.15, -0.1) is 0 Å². The van der Waals surface area contributed by atoms with E-state index in [2.05, 4.69) is 13.2 Å². The van der Waals surface area contributed by atoms with Crippen molar-refractivity contribution in [3.05, 3.63) is 36.0 Å². The van der Waals surface area contributed by atoms with E-state index in [1.165, 1.54) is 6.92 Å². The molecule has 1 aliphatic carbocycles. The van der Waals surface area contributed by atoms with Crippen LogP contribution in [0.2, 0.25) is 0 Å². The van der Waals surface area contributed by atoms with Crippen molar-refractivity contribution in [2.24, 2.45) is 5.92 Å². The fraction of sp³-hybridized carbons (Fsp3) is 0.571. The minimum atomic E-state index is -0.898. The molecule has 2 N–H and O–H groups in total. The number of esters is 3. The summed E-state index contributed by atoms with van der Waals surface area (Å²) < 4.78 is 22.0. The first-order chi connectivity index (χ1) is 14.2. The van der Waals surface area contributed by atoms with Crippen molar-refractivity contribution in [2.45, 2.75) is 50.1 Å². The first kappa shape index (κ1) is 22.2. The second-order valence-corrected chi connectivity index (χ2v) is 7.77. The van der Waals surface area contributed by atoms with Gasteiger partial charge in [0.15, 0.2) is 0 Å². The third kappa shape index (κ3) is 4.33. The maximum Gasteiger partial charge on any atom is 0.336 e. The molecule has 2 aliphatic heterocycles. The molecule has 9 heteroatoms. The van der Waals surface area contributed by atoms with E-state index < -0.39 is 54.3 Å². The van der Waals surface area contributed by atoms with Gasteiger partial charge in [-0.3, -0.25) is 4.79 Å². The normalized spacial score (nSPS) is 34.6. The van der Waals surface area contributed by atoms with Crippen LogP contribution in [-0.2, 0) is 33.3 Å². The lowest BCUT2D eigenvalue weighted by Crippen LogP contribution is -2.40. The lowest BCUT2D eigenvalue weighted by atomic mass is 9.81. The molecular weight excluding hydrogens is 396 g/mol. The summed E-state index contributed by atoms with van der Waals surface area (Å²) in [5.74, 6) is -2.64. The van der Waals surface area contributed by atoms with Crippen LogP contribution in [0.25, 0.3) is 0 Å². The Labute approximate surface area is 173 Å². The summed E-state index contributed by atoms with van der Waals surface area (Å²) in [5, 5.41) is 19.1. The van der Waals surface area contributed by atoms with E-state index in [0.29, 0.717) is 18.4 Å². The molecule has 0 spiro atoms. The molecule has 2 fully saturated rings. The molecule has 30 heavy (non-hydrogen) atoms. The maximum absolute atomic E-state index is 12.3. The number of carbonyl (C=O) groups excluding carboxylic acids is 3. The third-order valence-electron chi connectivity index (χ3n) is 5.71. The highest BCUT2D eigenvalue weighted by Crippen LogP contribution is 2.50. The van der Waals surface area contributed by atoms with Gasteiger partial charge < -0.3 is 29.2 Å². The smallest absolute Gasteiger partial charge is 0.336 e. The monoisotopic (exact) mass is 422 g/mol. The lowest BCUT2D eigenvalue weighted by Gasteiger charge is -2.29. The number of epoxide rings is 1. The summed E-state index contributed by atoms with van der Waals surface area (Å²) in [6, 6.07) is 0. The molecule has 0 aromatic carbocycles. The quantitative estimate of drug-likeness (QED) is 0.205. The molecule has 0 saturated carbocycles. The van der Waals surface area contributed by atoms with Gasteiger partial charge in [0.25, 0.3) is 0 Å². The predicted octanol–water partition coefficient (Wildman–Crippen LogP) is 0.348. The Balaban J connectivity index is 1.95. The van der Waals surface area contributed by atoms with Crippen molar-refractivity contribution in [1.82, 2.24) is 0 Å². The molecule has 3 aliphatic rings. The Kier molecular flexibility index (Phi) is 6.44. The molecule has 0 radical (unpaired) electrons. The topological polar surface area (TPSA) is 132 Å². The van der Waals surface area contributed by atoms with Crippen LogP contribution < -0.4 is 0 Å². The Morgan fingerprint density at radius 3 is 2.73 bits per heavy atom. The highest BCUT2D eigenvalue weighted by molar-refractivity contribution is 5.92. The Morgan fingerprint density at radius 1 is 1.37 bits per heavy atom. The van der Waals surface area contributed by atoms with Crippen molar-refractivity contribution in [2.75, 3.05) is 19.8 Å². The summed E-state index contributed by atoms with van der Waals surface area (Å²) in [6.45, 7) is 7.71. The van der Waals surface area contributed by atoms with Crippen LogP contribution in [0.4, 0.5) is 0 Å². The van der Waals surface area contributed by atoms with Crippen molar-refractivity contribution in [3.63, 3.8) is 0 Å². The van der Waals surface area contributed by atoms with E-state index in [1.54, 1.807) is 0 Å². The summed E-state index contributed by atoms with van der Waals surface area (Å²) in [6.07, 6.45) is 0.771. The number of carbonyl (C=O) groups is 3. The van der Waals surface area contributed by atoms with Crippen LogP contribution in [0.15, 0.2) is 36.0 Å². The molecule has 3 rings (SSSR count). The number of hydrogen-bond acceptors (Lipinski definition) is 9. The second-order valence-electron chi connectivity index (χ2n) is 7.77. The number of fused-ring (bicyclic) bond motifs is 3. The molecule has 2 heterocycles. The Hall–Kier alpha value is -2.49. The Morgan fingerprint density at radius 2 is 2.10 bits per heavy atom. The van der Waals surface area contributed by atoms with E-state index in [1.807, 2.05) is 6.08 Å². The van der Waals surface area contributed by atoms with Crippen molar-refractivity contribution in [1.29, 1.82) is 0 Å². The minimum absolute atomic E-state index is 0.0145. The van der Waals surface area contributed by atoms with Gasteiger partial charge in [-0.05, 0) is 18.4 Å². The molecule has 0 unspecified atom stereocenters. The van der Waals surface area contributed by atoms with Gasteiger partial charge in [0.2, 0.25) is 0 Å². The number of allylic oxidation sites excluding steroid dienone is 1. The Bertz CT molecular complexity index is 798. The van der Waals surface area contributed by atoms with E-state index >= 15 is 0 Å². The standard InChI is InChI=1S/C21H26O9/c1-11(8-22)19(25)28-15-7-14(9-27-13(3)24)5-4-6-21(10-23)18(30-21)17-16(15)12(2)20(26)29-17/h5,15-18,22-23H,1-2,4,6-10H2,3H3/b14-5-/t15-,16+,17-,18+,21-/m0/s1. The SMILES string of the molecule is C=C(CO)C(=O)O[C@H]1C/C(COC(C)=O)=C/CC[C@@]2(CO)O[C@@H]2[C@H]2OC(=O)C(=C)[C@@H]21. The molecule has 0 amide bonds. The van der Waals surface area contributed by atoms with Gasteiger partial charge in [-0.2, -0.15) is 0 Å². The zero-order chi connectivity index (χ0) is 22.1. The molecule has 0 aromatic heterocycles. The molecule has 5 atom stereocenters. The van der Waals surface area contributed by atoms with Gasteiger partial charge >= 0.3 is 17.9 Å². The average Bonchev–Trinajstić information content (AvgIpc) is 3.36. The van der Waals surface area contributed by atoms with Gasteiger partial charge in [-0.25, -0.2) is 9.59 Å². The van der Waals surface area contributed by atoms with Crippen LogP contribution in [0.3, 0.4) is 0 Å². The molecule has 2 saturated heterocycles. The van der Waals surface area contributed by atoms with Crippen LogP contribution in [0.5, 0.6) is 0 Å². The molecule has 0 aromatic rings. The number of aliphatic hydroxyl groups is 2. The predicted molar refractivity (Wildman–Crippen MR) is 102 cm³/mol. The molecule has 9 nitrogen and oxygen atoms in total. The van der Waals surface area contributed by atoms with E-state index in [-0.39, 0.29) is 30.8 Å². The number of ether oxygens (including phenoxy) is 4. The van der Waals surface area contributed by atoms with Crippen molar-refractivity contribution < 1.29 is 43.5 Å². The second kappa shape index (κ2) is 8.71. The lowest BCUT2D eigenvalue weighted by molar-refractivity contribution is -0.149. The first-order valence-corrected chi connectivity index (χ1v) is 9.71. The van der Waals surface area contributed by atoms with Crippen LogP contribution in [-0.4, -0.2) is 71.9 Å². The van der Waals surface area contributed by atoms with Crippen LogP contribution in [0.1, 0.15) is 26.2 Å². The van der Waals surface area contributed by atoms with Crippen molar-refractivity contribution >= 4 is 17.9 Å². The van der Waals surface area contributed by atoms with Crippen LogP contribution in [0, 0.1) is 5.92 Å². The minimum Gasteiger partial charge on any atom is -0.461 e. The molecular formula is C21H26O9.